The highest BCUT2D eigenvalue weighted by Crippen LogP contribution is 1.97. The predicted octanol–water partition coefficient (Wildman–Crippen LogP) is -3.47. The summed E-state index contributed by atoms with van der Waals surface area (Å²) in [6.45, 7) is -0.0670. The number of aliphatic carboxylic acids is 2. The van der Waals surface area contributed by atoms with Crippen molar-refractivity contribution in [3.05, 3.63) is 0 Å². The van der Waals surface area contributed by atoms with E-state index in [4.69, 9.17) is 16.1 Å². The number of rotatable bonds is 6. The predicted molar refractivity (Wildman–Crippen MR) is 61.8 cm³/mol. The highest BCUT2D eigenvalue weighted by atomic mass is 16.4. The van der Waals surface area contributed by atoms with Crippen LogP contribution in [0.5, 0.6) is 0 Å². The van der Waals surface area contributed by atoms with E-state index in [9.17, 15) is 24.0 Å². The second-order valence-electron chi connectivity index (χ2n) is 3.54. The van der Waals surface area contributed by atoms with Crippen LogP contribution in [-0.2, 0) is 24.0 Å². The minimum Gasteiger partial charge on any atom is -0.474 e. The van der Waals surface area contributed by atoms with Gasteiger partial charge in [0.15, 0.2) is 0 Å². The largest absolute Gasteiger partial charge is 0.474 e. The molecule has 0 heterocycles. The molecule has 0 aromatic heterocycles. The Morgan fingerprint density at radius 3 is 2.00 bits per heavy atom. The number of nitrogens with two attached hydrogens (primary N) is 1. The Balaban J connectivity index is 4.28. The van der Waals surface area contributed by atoms with Crippen molar-refractivity contribution in [3.63, 3.8) is 0 Å². The Morgan fingerprint density at radius 1 is 1.00 bits per heavy atom. The van der Waals surface area contributed by atoms with Gasteiger partial charge in [0.25, 0.3) is 5.91 Å². The molecule has 11 heteroatoms. The van der Waals surface area contributed by atoms with Gasteiger partial charge in [-0.15, -0.1) is 0 Å². The third-order valence-electron chi connectivity index (χ3n) is 2.11. The molecule has 0 aliphatic heterocycles. The molecule has 0 saturated heterocycles. The first-order valence-corrected chi connectivity index (χ1v) is 5.35. The molecule has 0 spiro atoms. The zero-order chi connectivity index (χ0) is 15.7. The van der Waals surface area contributed by atoms with Crippen molar-refractivity contribution in [2.75, 3.05) is 6.54 Å². The van der Waals surface area contributed by atoms with Gasteiger partial charge < -0.3 is 20.8 Å². The smallest absolute Gasteiger partial charge is 0.394 e. The molecular weight excluding hydrogens is 276 g/mol. The van der Waals surface area contributed by atoms with Gasteiger partial charge in [-0.05, 0) is 12.8 Å². The van der Waals surface area contributed by atoms with Crippen LogP contribution in [-0.4, -0.2) is 52.5 Å². The number of hydrazine groups is 1. The zero-order valence-electron chi connectivity index (χ0n) is 10.2. The Morgan fingerprint density at radius 2 is 1.55 bits per heavy atom. The number of hydrogen-bond donors (Lipinski definition) is 6. The molecule has 7 N–H and O–H groups in total. The van der Waals surface area contributed by atoms with E-state index in [0.717, 1.165) is 0 Å². The second kappa shape index (κ2) is 8.42. The summed E-state index contributed by atoms with van der Waals surface area (Å²) in [5, 5.41) is 20.6. The Labute approximate surface area is 112 Å². The average molecular weight is 290 g/mol. The van der Waals surface area contributed by atoms with Gasteiger partial charge in [-0.25, -0.2) is 15.4 Å². The van der Waals surface area contributed by atoms with E-state index in [2.05, 4.69) is 0 Å². The molecule has 11 nitrogen and oxygen atoms in total. The van der Waals surface area contributed by atoms with Gasteiger partial charge >= 0.3 is 23.8 Å². The lowest BCUT2D eigenvalue weighted by Gasteiger charge is -2.15. The molecule has 0 unspecified atom stereocenters. The Bertz CT molecular complexity index is 423. The fourth-order valence-electron chi connectivity index (χ4n) is 1.17. The van der Waals surface area contributed by atoms with Gasteiger partial charge in [-0.1, -0.05) is 0 Å². The molecule has 0 aliphatic carbocycles. The lowest BCUT2D eigenvalue weighted by molar-refractivity contribution is -0.151. The summed E-state index contributed by atoms with van der Waals surface area (Å²) in [6.07, 6.45) is 0.0823. The monoisotopic (exact) mass is 290 g/mol. The molecule has 3 amide bonds. The van der Waals surface area contributed by atoms with Gasteiger partial charge in [0, 0.05) is 6.54 Å². The van der Waals surface area contributed by atoms with Crippen molar-refractivity contribution in [2.45, 2.75) is 18.9 Å². The van der Waals surface area contributed by atoms with Crippen LogP contribution in [0.2, 0.25) is 0 Å². The van der Waals surface area contributed by atoms with Crippen LogP contribution in [0.3, 0.4) is 0 Å². The third kappa shape index (κ3) is 6.30. The molecule has 0 aromatic rings. The van der Waals surface area contributed by atoms with Crippen LogP contribution in [0.1, 0.15) is 12.8 Å². The summed E-state index contributed by atoms with van der Waals surface area (Å²) in [7, 11) is 0. The second-order valence-corrected chi connectivity index (χ2v) is 3.54. The van der Waals surface area contributed by atoms with Crippen molar-refractivity contribution >= 4 is 29.7 Å². The highest BCUT2D eigenvalue weighted by molar-refractivity contribution is 6.32. The summed E-state index contributed by atoms with van der Waals surface area (Å²) < 4.78 is 0. The van der Waals surface area contributed by atoms with Crippen LogP contribution in [0.15, 0.2) is 0 Å². The van der Waals surface area contributed by atoms with E-state index in [1.54, 1.807) is 5.43 Å². The molecule has 0 rings (SSSR count). The van der Waals surface area contributed by atoms with Crippen LogP contribution in [0.4, 0.5) is 0 Å². The minimum absolute atomic E-state index is 0.0397. The molecule has 0 aliphatic rings. The molecule has 20 heavy (non-hydrogen) atoms. The maximum atomic E-state index is 11.3. The first-order valence-electron chi connectivity index (χ1n) is 5.35. The average Bonchev–Trinajstić information content (AvgIpc) is 2.40. The van der Waals surface area contributed by atoms with E-state index < -0.39 is 35.7 Å². The highest BCUT2D eigenvalue weighted by Gasteiger charge is 2.23. The van der Waals surface area contributed by atoms with Gasteiger partial charge in [0.05, 0.1) is 0 Å². The fraction of sp³-hybridized carbons (Fsp3) is 0.444. The van der Waals surface area contributed by atoms with Crippen molar-refractivity contribution in [1.82, 2.24) is 16.1 Å². The quantitative estimate of drug-likeness (QED) is 0.0955. The van der Waals surface area contributed by atoms with E-state index in [-0.39, 0.29) is 19.4 Å². The number of hydrogen-bond acceptors (Lipinski definition) is 6. The standard InChI is InChI=1S/C9H14N4O7/c10-13-5(14)4(12-7(16)9(19)20)2-1-3-11-6(15)8(17)18/h4H,1-3,10H2,(H,11,15)(H,12,16)(H,13,14)(H,17,18)(H,19,20)/t4-/m0/s1. The van der Waals surface area contributed by atoms with Crippen molar-refractivity contribution in [3.8, 4) is 0 Å². The summed E-state index contributed by atoms with van der Waals surface area (Å²) >= 11 is 0. The van der Waals surface area contributed by atoms with Gasteiger partial charge in [-0.2, -0.15) is 0 Å². The first kappa shape index (κ1) is 17.3. The van der Waals surface area contributed by atoms with E-state index in [1.165, 1.54) is 0 Å². The van der Waals surface area contributed by atoms with Gasteiger partial charge in [-0.3, -0.25) is 19.8 Å². The number of carbonyl (C=O) groups excluding carboxylic acids is 3. The molecule has 0 aromatic carbocycles. The van der Waals surface area contributed by atoms with Crippen molar-refractivity contribution < 1.29 is 34.2 Å². The minimum atomic E-state index is -1.76. The molecule has 0 fully saturated rings. The van der Waals surface area contributed by atoms with Crippen LogP contribution in [0, 0.1) is 0 Å². The normalized spacial score (nSPS) is 11.1. The Hall–Kier alpha value is -2.69. The molecule has 0 radical (unpaired) electrons. The number of amides is 3. The summed E-state index contributed by atoms with van der Waals surface area (Å²) in [4.78, 5) is 53.4. The maximum absolute atomic E-state index is 11.3. The fourth-order valence-corrected chi connectivity index (χ4v) is 1.17. The molecule has 0 bridgehead atoms. The number of carbonyl (C=O) groups is 5. The SMILES string of the molecule is NNC(=O)[C@H](CCCNC(=O)C(=O)O)NC(=O)C(=O)O. The van der Waals surface area contributed by atoms with E-state index >= 15 is 0 Å². The van der Waals surface area contributed by atoms with Crippen LogP contribution >= 0.6 is 0 Å². The lowest BCUT2D eigenvalue weighted by atomic mass is 10.1. The molecule has 0 saturated carbocycles. The lowest BCUT2D eigenvalue weighted by Crippen LogP contribution is -2.50. The maximum Gasteiger partial charge on any atom is 0.394 e. The summed E-state index contributed by atoms with van der Waals surface area (Å²) in [5.41, 5.74) is 1.75. The summed E-state index contributed by atoms with van der Waals surface area (Å²) in [6, 6.07) is -1.20. The molecule has 1 atom stereocenters. The molecule has 112 valence electrons. The topological polar surface area (TPSA) is 188 Å². The number of carboxylic acid groups (broad SMARTS) is 2. The van der Waals surface area contributed by atoms with Crippen molar-refractivity contribution in [2.24, 2.45) is 5.84 Å². The van der Waals surface area contributed by atoms with Crippen LogP contribution in [0.25, 0.3) is 0 Å². The molecular formula is C9H14N4O7. The zero-order valence-corrected chi connectivity index (χ0v) is 10.2. The first-order chi connectivity index (χ1) is 9.29. The van der Waals surface area contributed by atoms with Gasteiger partial charge in [0.1, 0.15) is 6.04 Å². The van der Waals surface area contributed by atoms with Crippen LogP contribution < -0.4 is 21.9 Å². The van der Waals surface area contributed by atoms with E-state index in [0.29, 0.717) is 0 Å². The third-order valence-corrected chi connectivity index (χ3v) is 2.11. The van der Waals surface area contributed by atoms with Crippen molar-refractivity contribution in [1.29, 1.82) is 0 Å². The van der Waals surface area contributed by atoms with Gasteiger partial charge in [0.2, 0.25) is 0 Å². The summed E-state index contributed by atoms with van der Waals surface area (Å²) in [5.74, 6) is -1.95. The van der Waals surface area contributed by atoms with E-state index in [1.807, 2.05) is 10.6 Å². The Kier molecular flexibility index (Phi) is 7.29. The number of carboxylic acids is 2. The number of nitrogens with one attached hydrogen (secondary N) is 3.